The molecule has 3 rings (SSSR count). The molecule has 6 nitrogen and oxygen atoms in total. The van der Waals surface area contributed by atoms with Crippen molar-refractivity contribution in [3.8, 4) is 23.0 Å². The zero-order chi connectivity index (χ0) is 12.4. The van der Waals surface area contributed by atoms with Gasteiger partial charge in [0, 0.05) is 18.3 Å². The van der Waals surface area contributed by atoms with Crippen LogP contribution in [-0.2, 0) is 6.54 Å². The van der Waals surface area contributed by atoms with Gasteiger partial charge in [0.25, 0.3) is 5.89 Å². The lowest BCUT2D eigenvalue weighted by Crippen LogP contribution is -1.98. The quantitative estimate of drug-likeness (QED) is 0.753. The number of nitrogens with zero attached hydrogens (tertiary/aromatic N) is 3. The average Bonchev–Trinajstić information content (AvgIpc) is 3.09. The fourth-order valence-electron chi connectivity index (χ4n) is 1.57. The van der Waals surface area contributed by atoms with E-state index in [1.165, 1.54) is 0 Å². The zero-order valence-corrected chi connectivity index (χ0v) is 9.41. The van der Waals surface area contributed by atoms with Crippen LogP contribution in [-0.4, -0.2) is 15.1 Å². The van der Waals surface area contributed by atoms with Crippen LogP contribution in [0.4, 0.5) is 0 Å². The number of nitrogens with two attached hydrogens (primary N) is 1. The Morgan fingerprint density at radius 1 is 1.28 bits per heavy atom. The van der Waals surface area contributed by atoms with Crippen LogP contribution in [0.3, 0.4) is 0 Å². The first-order chi connectivity index (χ1) is 8.86. The fraction of sp³-hybridized carbons (Fsp3) is 0.0833. The second kappa shape index (κ2) is 4.42. The minimum Gasteiger partial charge on any atom is -0.461 e. The molecule has 3 heterocycles. The molecule has 6 heteroatoms. The van der Waals surface area contributed by atoms with Crippen LogP contribution in [0.1, 0.15) is 5.69 Å². The summed E-state index contributed by atoms with van der Waals surface area (Å²) in [5.41, 5.74) is 7.09. The summed E-state index contributed by atoms with van der Waals surface area (Å²) in [5, 5.41) is 3.86. The van der Waals surface area contributed by atoms with E-state index in [2.05, 4.69) is 15.1 Å². The predicted molar refractivity (Wildman–Crippen MR) is 63.1 cm³/mol. The molecule has 0 fully saturated rings. The van der Waals surface area contributed by atoms with Gasteiger partial charge in [-0.25, -0.2) is 0 Å². The van der Waals surface area contributed by atoms with Gasteiger partial charge in [-0.15, -0.1) is 0 Å². The lowest BCUT2D eigenvalue weighted by Gasteiger charge is -1.97. The van der Waals surface area contributed by atoms with Crippen molar-refractivity contribution in [1.82, 2.24) is 15.1 Å². The Morgan fingerprint density at radius 2 is 2.22 bits per heavy atom. The Kier molecular flexibility index (Phi) is 2.62. The maximum atomic E-state index is 5.54. The molecule has 0 unspecified atom stereocenters. The Labute approximate surface area is 102 Å². The molecule has 2 N–H and O–H groups in total. The molecule has 0 aliphatic carbocycles. The molecule has 3 aromatic heterocycles. The number of pyridine rings is 1. The van der Waals surface area contributed by atoms with E-state index in [1.807, 2.05) is 6.07 Å². The van der Waals surface area contributed by atoms with Gasteiger partial charge in [-0.1, -0.05) is 5.16 Å². The second-order valence-corrected chi connectivity index (χ2v) is 3.64. The number of aromatic nitrogens is 3. The van der Waals surface area contributed by atoms with Crippen molar-refractivity contribution in [3.63, 3.8) is 0 Å². The summed E-state index contributed by atoms with van der Waals surface area (Å²) in [6, 6.07) is 7.15. The highest BCUT2D eigenvalue weighted by molar-refractivity contribution is 5.56. The standard InChI is InChI=1S/C12H10N4O2/c13-7-9-6-8(3-4-14-9)12-15-11(16-18-12)10-2-1-5-17-10/h1-6H,7,13H2. The summed E-state index contributed by atoms with van der Waals surface area (Å²) in [5.74, 6) is 1.40. The minimum absolute atomic E-state index is 0.368. The van der Waals surface area contributed by atoms with E-state index in [1.54, 1.807) is 30.7 Å². The maximum absolute atomic E-state index is 5.54. The molecule has 90 valence electrons. The molecule has 18 heavy (non-hydrogen) atoms. The number of hydrogen-bond acceptors (Lipinski definition) is 6. The highest BCUT2D eigenvalue weighted by atomic mass is 16.5. The SMILES string of the molecule is NCc1cc(-c2nc(-c3ccco3)no2)ccn1. The van der Waals surface area contributed by atoms with Crippen molar-refractivity contribution in [1.29, 1.82) is 0 Å². The first kappa shape index (κ1) is 10.7. The highest BCUT2D eigenvalue weighted by Crippen LogP contribution is 2.22. The van der Waals surface area contributed by atoms with Gasteiger partial charge in [-0.3, -0.25) is 4.98 Å². The number of hydrogen-bond donors (Lipinski definition) is 1. The smallest absolute Gasteiger partial charge is 0.258 e. The molecule has 0 spiro atoms. The third kappa shape index (κ3) is 1.89. The topological polar surface area (TPSA) is 91.0 Å². The van der Waals surface area contributed by atoms with Crippen LogP contribution >= 0.6 is 0 Å². The van der Waals surface area contributed by atoms with Crippen molar-refractivity contribution in [2.75, 3.05) is 0 Å². The molecule has 0 radical (unpaired) electrons. The number of furan rings is 1. The van der Waals surface area contributed by atoms with Crippen LogP contribution < -0.4 is 5.73 Å². The van der Waals surface area contributed by atoms with Gasteiger partial charge in [-0.2, -0.15) is 4.98 Å². The van der Waals surface area contributed by atoms with Crippen molar-refractivity contribution in [2.45, 2.75) is 6.54 Å². The first-order valence-electron chi connectivity index (χ1n) is 5.40. The molecular formula is C12H10N4O2. The third-order valence-corrected chi connectivity index (χ3v) is 2.44. The molecule has 0 saturated carbocycles. The van der Waals surface area contributed by atoms with Crippen molar-refractivity contribution in [2.24, 2.45) is 5.73 Å². The molecule has 0 saturated heterocycles. The molecule has 0 aliphatic heterocycles. The number of rotatable bonds is 3. The van der Waals surface area contributed by atoms with Crippen molar-refractivity contribution in [3.05, 3.63) is 42.4 Å². The van der Waals surface area contributed by atoms with Gasteiger partial charge in [0.05, 0.1) is 12.0 Å². The Morgan fingerprint density at radius 3 is 3.00 bits per heavy atom. The van der Waals surface area contributed by atoms with Gasteiger partial charge in [-0.05, 0) is 24.3 Å². The van der Waals surface area contributed by atoms with Gasteiger partial charge >= 0.3 is 0 Å². The highest BCUT2D eigenvalue weighted by Gasteiger charge is 2.12. The molecule has 0 aliphatic rings. The van der Waals surface area contributed by atoms with Crippen molar-refractivity contribution >= 4 is 0 Å². The Hall–Kier alpha value is -2.47. The lowest BCUT2D eigenvalue weighted by molar-refractivity contribution is 0.429. The summed E-state index contributed by atoms with van der Waals surface area (Å²) in [6.45, 7) is 0.368. The largest absolute Gasteiger partial charge is 0.461 e. The van der Waals surface area contributed by atoms with Gasteiger partial charge in [0.1, 0.15) is 0 Å². The Bertz CT molecular complexity index is 646. The fourth-order valence-corrected chi connectivity index (χ4v) is 1.57. The zero-order valence-electron chi connectivity index (χ0n) is 9.41. The van der Waals surface area contributed by atoms with E-state index in [-0.39, 0.29) is 0 Å². The summed E-state index contributed by atoms with van der Waals surface area (Å²) >= 11 is 0. The lowest BCUT2D eigenvalue weighted by atomic mass is 10.2. The molecule has 0 bridgehead atoms. The van der Waals surface area contributed by atoms with Crippen molar-refractivity contribution < 1.29 is 8.94 Å². The van der Waals surface area contributed by atoms with Crippen LogP contribution in [0.15, 0.2) is 45.7 Å². The summed E-state index contributed by atoms with van der Waals surface area (Å²) in [7, 11) is 0. The van der Waals surface area contributed by atoms with Gasteiger partial charge in [0.15, 0.2) is 5.76 Å². The maximum Gasteiger partial charge on any atom is 0.258 e. The van der Waals surface area contributed by atoms with Crippen LogP contribution in [0, 0.1) is 0 Å². The first-order valence-corrected chi connectivity index (χ1v) is 5.40. The molecule has 0 atom stereocenters. The monoisotopic (exact) mass is 242 g/mol. The van der Waals surface area contributed by atoms with E-state index < -0.39 is 0 Å². The summed E-state index contributed by atoms with van der Waals surface area (Å²) in [4.78, 5) is 8.36. The molecule has 3 aromatic rings. The van der Waals surface area contributed by atoms with Gasteiger partial charge in [0.2, 0.25) is 5.82 Å². The average molecular weight is 242 g/mol. The third-order valence-electron chi connectivity index (χ3n) is 2.44. The molecule has 0 aromatic carbocycles. The normalized spacial score (nSPS) is 10.7. The van der Waals surface area contributed by atoms with Crippen LogP contribution in [0.25, 0.3) is 23.0 Å². The van der Waals surface area contributed by atoms with E-state index in [4.69, 9.17) is 14.7 Å². The Balaban J connectivity index is 1.97. The van der Waals surface area contributed by atoms with Crippen LogP contribution in [0.2, 0.25) is 0 Å². The summed E-state index contributed by atoms with van der Waals surface area (Å²) < 4.78 is 10.4. The molecular weight excluding hydrogens is 232 g/mol. The van der Waals surface area contributed by atoms with E-state index in [0.717, 1.165) is 11.3 Å². The second-order valence-electron chi connectivity index (χ2n) is 3.64. The van der Waals surface area contributed by atoms with E-state index in [9.17, 15) is 0 Å². The van der Waals surface area contributed by atoms with Crippen LogP contribution in [0.5, 0.6) is 0 Å². The van der Waals surface area contributed by atoms with E-state index in [0.29, 0.717) is 24.0 Å². The molecule has 0 amide bonds. The predicted octanol–water partition coefficient (Wildman–Crippen LogP) is 1.85. The van der Waals surface area contributed by atoms with E-state index >= 15 is 0 Å². The minimum atomic E-state index is 0.368. The van der Waals surface area contributed by atoms with Gasteiger partial charge < -0.3 is 14.7 Å². The summed E-state index contributed by atoms with van der Waals surface area (Å²) in [6.07, 6.45) is 3.22.